The maximum Gasteiger partial charge on any atom is 0.254 e. The minimum absolute atomic E-state index is 0.00150. The Hall–Kier alpha value is -2.82. The number of imidazole rings is 1. The van der Waals surface area contributed by atoms with E-state index in [4.69, 9.17) is 0 Å². The first-order chi connectivity index (χ1) is 20.1. The lowest BCUT2D eigenvalue weighted by molar-refractivity contribution is 0.0717. The van der Waals surface area contributed by atoms with Crippen LogP contribution >= 0.6 is 0 Å². The van der Waals surface area contributed by atoms with Gasteiger partial charge >= 0.3 is 0 Å². The summed E-state index contributed by atoms with van der Waals surface area (Å²) in [6, 6.07) is 8.90. The van der Waals surface area contributed by atoms with Gasteiger partial charge in [-0.25, -0.2) is 22.5 Å². The van der Waals surface area contributed by atoms with E-state index in [1.807, 2.05) is 31.4 Å². The van der Waals surface area contributed by atoms with Crippen LogP contribution in [0.15, 0.2) is 42.9 Å². The summed E-state index contributed by atoms with van der Waals surface area (Å²) < 4.78 is 43.2. The Morgan fingerprint density at radius 3 is 2.57 bits per heavy atom. The molecule has 228 valence electrons. The summed E-state index contributed by atoms with van der Waals surface area (Å²) in [5.74, 6) is 0.448. The molecule has 3 heterocycles. The van der Waals surface area contributed by atoms with E-state index in [1.165, 1.54) is 17.7 Å². The van der Waals surface area contributed by atoms with Gasteiger partial charge in [-0.2, -0.15) is 0 Å². The molecule has 1 amide bonds. The molecule has 1 N–H and O–H groups in total. The Labute approximate surface area is 249 Å². The quantitative estimate of drug-likeness (QED) is 0.343. The summed E-state index contributed by atoms with van der Waals surface area (Å²) in [6.45, 7) is 11.1. The van der Waals surface area contributed by atoms with E-state index in [0.717, 1.165) is 62.9 Å². The second-order valence-corrected chi connectivity index (χ2v) is 14.3. The maximum atomic E-state index is 14.5. The van der Waals surface area contributed by atoms with Crippen LogP contribution < -0.4 is 4.72 Å². The van der Waals surface area contributed by atoms with Gasteiger partial charge < -0.3 is 9.80 Å². The maximum absolute atomic E-state index is 14.5. The topological polar surface area (TPSA) is 87.0 Å². The normalized spacial score (nSPS) is 21.8. The van der Waals surface area contributed by atoms with Crippen molar-refractivity contribution in [2.24, 2.45) is 5.92 Å². The van der Waals surface area contributed by atoms with E-state index in [2.05, 4.69) is 26.7 Å². The molecule has 0 radical (unpaired) electrons. The molecule has 8 nitrogen and oxygen atoms in total. The zero-order valence-electron chi connectivity index (χ0n) is 25.2. The van der Waals surface area contributed by atoms with Crippen molar-refractivity contribution in [2.45, 2.75) is 77.8 Å². The van der Waals surface area contributed by atoms with Crippen molar-refractivity contribution in [1.82, 2.24) is 23.9 Å². The first-order valence-electron chi connectivity index (χ1n) is 15.4. The number of carbonyl (C=O) groups is 1. The Morgan fingerprint density at radius 1 is 1.12 bits per heavy atom. The van der Waals surface area contributed by atoms with Crippen molar-refractivity contribution in [3.05, 3.63) is 59.8 Å². The van der Waals surface area contributed by atoms with Crippen molar-refractivity contribution in [1.29, 1.82) is 0 Å². The third-order valence-corrected chi connectivity index (χ3v) is 10.5. The van der Waals surface area contributed by atoms with Crippen LogP contribution in [0.4, 0.5) is 4.39 Å². The fourth-order valence-corrected chi connectivity index (χ4v) is 7.66. The molecule has 2 aliphatic rings. The van der Waals surface area contributed by atoms with E-state index < -0.39 is 15.8 Å². The molecule has 5 rings (SSSR count). The molecule has 0 unspecified atom stereocenters. The van der Waals surface area contributed by atoms with E-state index in [9.17, 15) is 17.6 Å². The van der Waals surface area contributed by atoms with Gasteiger partial charge in [0, 0.05) is 37.3 Å². The summed E-state index contributed by atoms with van der Waals surface area (Å²) in [5, 5.41) is 0. The van der Waals surface area contributed by atoms with Crippen molar-refractivity contribution in [3.8, 4) is 11.3 Å². The molecular weight excluding hydrogens is 553 g/mol. The zero-order chi connectivity index (χ0) is 30.0. The molecule has 0 bridgehead atoms. The van der Waals surface area contributed by atoms with Crippen LogP contribution in [0, 0.1) is 11.7 Å². The molecule has 1 saturated heterocycles. The lowest BCUT2D eigenvalue weighted by atomic mass is 9.86. The van der Waals surface area contributed by atoms with Crippen LogP contribution in [0.25, 0.3) is 16.8 Å². The number of fused-ring (bicyclic) bond motifs is 1. The largest absolute Gasteiger partial charge is 0.336 e. The average Bonchev–Trinajstić information content (AvgIpc) is 3.63. The lowest BCUT2D eigenvalue weighted by Gasteiger charge is -2.31. The number of rotatable bonds is 10. The van der Waals surface area contributed by atoms with E-state index in [0.29, 0.717) is 29.5 Å². The molecule has 1 saturated carbocycles. The smallest absolute Gasteiger partial charge is 0.254 e. The minimum atomic E-state index is -3.16. The number of sulfonamides is 1. The van der Waals surface area contributed by atoms with Crippen molar-refractivity contribution < 1.29 is 17.6 Å². The predicted molar refractivity (Wildman–Crippen MR) is 165 cm³/mol. The van der Waals surface area contributed by atoms with Crippen LogP contribution in [0.3, 0.4) is 0 Å². The second kappa shape index (κ2) is 12.8. The fraction of sp³-hybridized carbons (Fsp3) is 0.562. The number of halogens is 1. The first-order valence-corrected chi connectivity index (χ1v) is 17.0. The van der Waals surface area contributed by atoms with Gasteiger partial charge in [-0.3, -0.25) is 9.20 Å². The Bertz CT molecular complexity index is 1510. The minimum Gasteiger partial charge on any atom is -0.336 e. The molecular formula is C32H44FN5O3S. The number of nitrogens with one attached hydrogen (secondary N) is 1. The monoisotopic (exact) mass is 597 g/mol. The molecule has 1 aliphatic heterocycles. The summed E-state index contributed by atoms with van der Waals surface area (Å²) >= 11 is 0. The van der Waals surface area contributed by atoms with Gasteiger partial charge in [-0.1, -0.05) is 0 Å². The van der Waals surface area contributed by atoms with Crippen molar-refractivity contribution in [3.63, 3.8) is 0 Å². The van der Waals surface area contributed by atoms with Crippen LogP contribution in [-0.4, -0.2) is 77.5 Å². The molecule has 1 aromatic carbocycles. The molecule has 2 aromatic heterocycles. The standard InChI is InChI=1S/C32H44FN5O3S/c1-5-37(22(3)4)32(39)30-17-26(33)9-12-29(30)31-16-25(15-28-18-34-21-38(28)31)24-13-14-36(20-24)19-23-7-10-27(11-8-23)35-42(40,41)6-2/h9,12,15-18,21-24,27,35H,5-8,10-11,13-14,19-20H2,1-4H3/t23?,24-,27?/m1/s1. The third-order valence-electron chi connectivity index (χ3n) is 9.09. The number of carbonyl (C=O) groups excluding carboxylic acids is 1. The van der Waals surface area contributed by atoms with Gasteiger partial charge in [0.25, 0.3) is 5.91 Å². The molecule has 0 spiro atoms. The number of aromatic nitrogens is 2. The van der Waals surface area contributed by atoms with Gasteiger partial charge in [0.05, 0.1) is 35.1 Å². The number of benzene rings is 1. The first kappa shape index (κ1) is 30.6. The highest BCUT2D eigenvalue weighted by Crippen LogP contribution is 2.35. The van der Waals surface area contributed by atoms with Crippen LogP contribution in [0.1, 0.15) is 81.6 Å². The third kappa shape index (κ3) is 6.71. The number of likely N-dealkylation sites (tertiary alicyclic amines) is 1. The van der Waals surface area contributed by atoms with Crippen molar-refractivity contribution >= 4 is 21.4 Å². The van der Waals surface area contributed by atoms with Crippen LogP contribution in [0.5, 0.6) is 0 Å². The Morgan fingerprint density at radius 2 is 1.88 bits per heavy atom. The van der Waals surface area contributed by atoms with Gasteiger partial charge in [-0.15, -0.1) is 0 Å². The van der Waals surface area contributed by atoms with Gasteiger partial charge in [0.1, 0.15) is 5.82 Å². The average molecular weight is 598 g/mol. The number of nitrogens with zero attached hydrogens (tertiary/aromatic N) is 4. The molecule has 10 heteroatoms. The van der Waals surface area contributed by atoms with Gasteiger partial charge in [0.2, 0.25) is 10.0 Å². The highest BCUT2D eigenvalue weighted by molar-refractivity contribution is 7.89. The summed E-state index contributed by atoms with van der Waals surface area (Å²) in [4.78, 5) is 22.3. The zero-order valence-corrected chi connectivity index (χ0v) is 26.0. The van der Waals surface area contributed by atoms with Gasteiger partial charge in [-0.05, 0) is 114 Å². The number of hydrogen-bond acceptors (Lipinski definition) is 5. The summed E-state index contributed by atoms with van der Waals surface area (Å²) in [6.07, 6.45) is 8.50. The van der Waals surface area contributed by atoms with Crippen LogP contribution in [-0.2, 0) is 10.0 Å². The number of amides is 1. The molecule has 3 aromatic rings. The Balaban J connectivity index is 1.34. The summed E-state index contributed by atoms with van der Waals surface area (Å²) in [7, 11) is -3.16. The summed E-state index contributed by atoms with van der Waals surface area (Å²) in [5.41, 5.74) is 4.07. The molecule has 42 heavy (non-hydrogen) atoms. The van der Waals surface area contributed by atoms with Gasteiger partial charge in [0.15, 0.2) is 0 Å². The molecule has 2 fully saturated rings. The fourth-order valence-electron chi connectivity index (χ4n) is 6.75. The molecule has 1 atom stereocenters. The Kier molecular flexibility index (Phi) is 9.34. The van der Waals surface area contributed by atoms with E-state index in [1.54, 1.807) is 24.2 Å². The predicted octanol–water partition coefficient (Wildman–Crippen LogP) is 5.30. The van der Waals surface area contributed by atoms with Crippen molar-refractivity contribution in [2.75, 3.05) is 31.9 Å². The highest BCUT2D eigenvalue weighted by atomic mass is 32.2. The molecule has 1 aliphatic carbocycles. The SMILES string of the molecule is CCN(C(=O)c1cc(F)ccc1-c1cc([C@@H]2CCN(CC3CCC(NS(=O)(=O)CC)CC3)C2)cc2cncn12)C(C)C. The van der Waals surface area contributed by atoms with E-state index in [-0.39, 0.29) is 23.7 Å². The van der Waals surface area contributed by atoms with Crippen LogP contribution in [0.2, 0.25) is 0 Å². The van der Waals surface area contributed by atoms with E-state index >= 15 is 0 Å². The number of pyridine rings is 1. The number of hydrogen-bond donors (Lipinski definition) is 1. The lowest BCUT2D eigenvalue weighted by Crippen LogP contribution is -2.40. The second-order valence-electron chi connectivity index (χ2n) is 12.2. The highest BCUT2D eigenvalue weighted by Gasteiger charge is 2.30.